The second-order valence-corrected chi connectivity index (χ2v) is 7.75. The van der Waals surface area contributed by atoms with E-state index in [-0.39, 0.29) is 18.1 Å². The van der Waals surface area contributed by atoms with Gasteiger partial charge in [-0.2, -0.15) is 0 Å². The fraction of sp³-hybridized carbons (Fsp3) is 0.263. The summed E-state index contributed by atoms with van der Waals surface area (Å²) in [5.41, 5.74) is 7.18. The second kappa shape index (κ2) is 8.01. The number of nitrogens with two attached hydrogens (primary N) is 1. The maximum Gasteiger partial charge on any atom is 0.262 e. The molecule has 0 saturated carbocycles. The quantitative estimate of drug-likeness (QED) is 0.809. The predicted molar refractivity (Wildman–Crippen MR) is 108 cm³/mol. The van der Waals surface area contributed by atoms with E-state index in [1.165, 1.54) is 0 Å². The Balaban J connectivity index is 1.64. The first-order valence-electron chi connectivity index (χ1n) is 8.21. The number of carbonyl (C=O) groups is 1. The molecule has 3 N–H and O–H groups in total. The lowest BCUT2D eigenvalue weighted by Crippen LogP contribution is -2.28. The van der Waals surface area contributed by atoms with E-state index < -0.39 is 0 Å². The molecule has 0 radical (unpaired) electrons. The Morgan fingerprint density at radius 2 is 2.15 bits per heavy atom. The van der Waals surface area contributed by atoms with Gasteiger partial charge >= 0.3 is 0 Å². The summed E-state index contributed by atoms with van der Waals surface area (Å²) in [6.07, 6.45) is 0.900. The number of anilines is 1. The van der Waals surface area contributed by atoms with Gasteiger partial charge in [-0.1, -0.05) is 41.6 Å². The Hall–Kier alpha value is -2.18. The van der Waals surface area contributed by atoms with Crippen molar-refractivity contribution >= 4 is 40.1 Å². The Kier molecular flexibility index (Phi) is 5.74. The molecule has 1 aliphatic heterocycles. The summed E-state index contributed by atoms with van der Waals surface area (Å²) in [6, 6.07) is 14.6. The van der Waals surface area contributed by atoms with Gasteiger partial charge < -0.3 is 15.8 Å². The van der Waals surface area contributed by atoms with E-state index in [2.05, 4.69) is 17.2 Å². The van der Waals surface area contributed by atoms with Gasteiger partial charge in [-0.25, -0.2) is 0 Å². The summed E-state index contributed by atoms with van der Waals surface area (Å²) >= 11 is 7.48. The molecule has 136 valence electrons. The van der Waals surface area contributed by atoms with Crippen LogP contribution in [0.15, 0.2) is 53.5 Å². The minimum absolute atomic E-state index is 0.0893. The van der Waals surface area contributed by atoms with Crippen molar-refractivity contribution < 1.29 is 9.53 Å². The first-order chi connectivity index (χ1) is 12.4. The predicted octanol–water partition coefficient (Wildman–Crippen LogP) is 4.02. The molecule has 5 nitrogen and oxygen atoms in total. The van der Waals surface area contributed by atoms with Crippen molar-refractivity contribution in [1.82, 2.24) is 0 Å². The molecule has 1 aliphatic rings. The van der Waals surface area contributed by atoms with Gasteiger partial charge in [0.05, 0.1) is 5.54 Å². The van der Waals surface area contributed by atoms with E-state index in [1.54, 1.807) is 36.0 Å². The summed E-state index contributed by atoms with van der Waals surface area (Å²) < 4.78 is 5.64. The fourth-order valence-corrected chi connectivity index (χ4v) is 3.89. The molecular formula is C19H20ClN3O2S. The number of nitrogens with zero attached hydrogens (tertiary/aromatic N) is 1. The van der Waals surface area contributed by atoms with Gasteiger partial charge in [0.2, 0.25) is 0 Å². The number of hydrogen-bond donors (Lipinski definition) is 2. The molecule has 0 saturated heterocycles. The number of nitrogens with one attached hydrogen (secondary N) is 1. The van der Waals surface area contributed by atoms with Crippen molar-refractivity contribution in [2.24, 2.45) is 10.7 Å². The topological polar surface area (TPSA) is 76.7 Å². The number of amidine groups is 1. The molecule has 1 amide bonds. The number of halogens is 1. The average molecular weight is 390 g/mol. The number of hydrogen-bond acceptors (Lipinski definition) is 5. The van der Waals surface area contributed by atoms with Crippen LogP contribution in [0, 0.1) is 0 Å². The van der Waals surface area contributed by atoms with Crippen LogP contribution < -0.4 is 15.8 Å². The highest BCUT2D eigenvalue weighted by Gasteiger charge is 2.29. The van der Waals surface area contributed by atoms with Crippen molar-refractivity contribution in [3.63, 3.8) is 0 Å². The van der Waals surface area contributed by atoms with Crippen LogP contribution in [0.4, 0.5) is 5.69 Å². The third kappa shape index (κ3) is 4.71. The van der Waals surface area contributed by atoms with E-state index in [4.69, 9.17) is 22.1 Å². The standard InChI is InChI=1S/C19H20ClN3O2S/c1-19(8-9-26-18(21)23-19)13-4-2-7-16(10-13)25-12-17(24)22-15-6-3-5-14(20)11-15/h2-7,10-11H,8-9,12H2,1H3,(H2,21,23)(H,22,24). The van der Waals surface area contributed by atoms with E-state index in [0.29, 0.717) is 21.6 Å². The number of rotatable bonds is 5. The zero-order valence-electron chi connectivity index (χ0n) is 14.4. The van der Waals surface area contributed by atoms with Crippen LogP contribution in [0.3, 0.4) is 0 Å². The van der Waals surface area contributed by atoms with E-state index >= 15 is 0 Å². The van der Waals surface area contributed by atoms with E-state index in [1.807, 2.05) is 24.3 Å². The number of carbonyl (C=O) groups excluding carboxylic acids is 1. The monoisotopic (exact) mass is 389 g/mol. The first-order valence-corrected chi connectivity index (χ1v) is 9.58. The molecule has 0 bridgehead atoms. The highest BCUT2D eigenvalue weighted by molar-refractivity contribution is 8.13. The molecule has 0 aromatic heterocycles. The number of amides is 1. The molecule has 3 rings (SSSR count). The van der Waals surface area contributed by atoms with Crippen molar-refractivity contribution in [2.45, 2.75) is 18.9 Å². The molecule has 0 aliphatic carbocycles. The lowest BCUT2D eigenvalue weighted by Gasteiger charge is -2.30. The summed E-state index contributed by atoms with van der Waals surface area (Å²) in [4.78, 5) is 16.7. The molecule has 26 heavy (non-hydrogen) atoms. The molecule has 7 heteroatoms. The Bertz CT molecular complexity index is 843. The van der Waals surface area contributed by atoms with Gasteiger partial charge in [0.25, 0.3) is 5.91 Å². The molecule has 1 heterocycles. The summed E-state index contributed by atoms with van der Waals surface area (Å²) in [5, 5.41) is 3.92. The average Bonchev–Trinajstić information content (AvgIpc) is 2.60. The number of benzene rings is 2. The first kappa shape index (κ1) is 18.6. The summed E-state index contributed by atoms with van der Waals surface area (Å²) in [6.45, 7) is 1.97. The van der Waals surface area contributed by atoms with Crippen molar-refractivity contribution in [1.29, 1.82) is 0 Å². The highest BCUT2D eigenvalue weighted by Crippen LogP contribution is 2.36. The van der Waals surface area contributed by atoms with Gasteiger partial charge in [-0.05, 0) is 49.2 Å². The smallest absolute Gasteiger partial charge is 0.262 e. The van der Waals surface area contributed by atoms with E-state index in [0.717, 1.165) is 17.7 Å². The Labute approximate surface area is 162 Å². The third-order valence-electron chi connectivity index (χ3n) is 4.13. The number of ether oxygens (including phenoxy) is 1. The molecule has 2 aromatic rings. The van der Waals surface area contributed by atoms with Crippen LogP contribution in [-0.4, -0.2) is 23.4 Å². The minimum Gasteiger partial charge on any atom is -0.484 e. The van der Waals surface area contributed by atoms with Gasteiger partial charge in [0.15, 0.2) is 11.8 Å². The zero-order valence-corrected chi connectivity index (χ0v) is 15.9. The minimum atomic E-state index is -0.363. The summed E-state index contributed by atoms with van der Waals surface area (Å²) in [7, 11) is 0. The molecular weight excluding hydrogens is 370 g/mol. The Morgan fingerprint density at radius 3 is 2.92 bits per heavy atom. The molecule has 0 fully saturated rings. The van der Waals surface area contributed by atoms with Crippen LogP contribution in [-0.2, 0) is 10.3 Å². The third-order valence-corrected chi connectivity index (χ3v) is 5.16. The maximum absolute atomic E-state index is 12.1. The molecule has 0 spiro atoms. The van der Waals surface area contributed by atoms with Gasteiger partial charge in [-0.3, -0.25) is 9.79 Å². The van der Waals surface area contributed by atoms with Gasteiger partial charge in [-0.15, -0.1) is 0 Å². The SMILES string of the molecule is CC1(c2cccc(OCC(=O)Nc3cccc(Cl)c3)c2)CCSC(N)=N1. The summed E-state index contributed by atoms with van der Waals surface area (Å²) in [5.74, 6) is 1.30. The normalized spacial score (nSPS) is 19.5. The molecule has 1 unspecified atom stereocenters. The molecule has 1 atom stereocenters. The lowest BCUT2D eigenvalue weighted by atomic mass is 9.90. The van der Waals surface area contributed by atoms with Crippen LogP contribution in [0.1, 0.15) is 18.9 Å². The molecule has 2 aromatic carbocycles. The van der Waals surface area contributed by atoms with Crippen LogP contribution in [0.25, 0.3) is 0 Å². The zero-order chi connectivity index (χ0) is 18.6. The lowest BCUT2D eigenvalue weighted by molar-refractivity contribution is -0.118. The largest absolute Gasteiger partial charge is 0.484 e. The van der Waals surface area contributed by atoms with Crippen LogP contribution in [0.2, 0.25) is 5.02 Å². The van der Waals surface area contributed by atoms with Crippen LogP contribution in [0.5, 0.6) is 5.75 Å². The maximum atomic E-state index is 12.1. The second-order valence-electron chi connectivity index (χ2n) is 6.20. The van der Waals surface area contributed by atoms with Gasteiger partial charge in [0.1, 0.15) is 5.75 Å². The van der Waals surface area contributed by atoms with Crippen molar-refractivity contribution in [3.8, 4) is 5.75 Å². The number of thioether (sulfide) groups is 1. The highest BCUT2D eigenvalue weighted by atomic mass is 35.5. The fourth-order valence-electron chi connectivity index (χ4n) is 2.73. The van der Waals surface area contributed by atoms with Gasteiger partial charge in [0, 0.05) is 16.5 Å². The van der Waals surface area contributed by atoms with E-state index in [9.17, 15) is 4.79 Å². The van der Waals surface area contributed by atoms with Crippen molar-refractivity contribution in [2.75, 3.05) is 17.7 Å². The van der Waals surface area contributed by atoms with Crippen molar-refractivity contribution in [3.05, 3.63) is 59.1 Å². The van der Waals surface area contributed by atoms with Crippen LogP contribution >= 0.6 is 23.4 Å². The Morgan fingerprint density at radius 1 is 1.35 bits per heavy atom. The number of aliphatic imine (C=N–C) groups is 1.